The van der Waals surface area contributed by atoms with Crippen molar-refractivity contribution >= 4 is 15.9 Å². The van der Waals surface area contributed by atoms with Gasteiger partial charge in [-0.3, -0.25) is 0 Å². The Labute approximate surface area is 71.4 Å². The minimum atomic E-state index is -0.555. The van der Waals surface area contributed by atoms with Gasteiger partial charge in [-0.05, 0) is 34.5 Å². The maximum absolute atomic E-state index is 12.9. The summed E-state index contributed by atoms with van der Waals surface area (Å²) in [5, 5.41) is 17.9. The zero-order valence-corrected chi connectivity index (χ0v) is 7.31. The number of aromatic hydroxyl groups is 2. The first-order valence-electron chi connectivity index (χ1n) is 2.90. The average molecular weight is 221 g/mol. The van der Waals surface area contributed by atoms with Crippen molar-refractivity contribution in [2.75, 3.05) is 0 Å². The Hall–Kier alpha value is -0.770. The summed E-state index contributed by atoms with van der Waals surface area (Å²) < 4.78 is 12.8. The molecule has 0 amide bonds. The summed E-state index contributed by atoms with van der Waals surface area (Å²) in [7, 11) is 0. The molecule has 0 atom stereocenters. The number of rotatable bonds is 0. The molecule has 60 valence electrons. The van der Waals surface area contributed by atoms with Gasteiger partial charge < -0.3 is 10.2 Å². The van der Waals surface area contributed by atoms with Crippen LogP contribution in [0.5, 0.6) is 11.5 Å². The number of halogens is 2. The molecular formula is C7H6BrFO2. The number of phenols is 2. The second-order valence-electron chi connectivity index (χ2n) is 2.19. The van der Waals surface area contributed by atoms with Gasteiger partial charge in [-0.2, -0.15) is 0 Å². The third-order valence-corrected chi connectivity index (χ3v) is 2.07. The number of benzene rings is 1. The first kappa shape index (κ1) is 8.33. The monoisotopic (exact) mass is 220 g/mol. The minimum Gasteiger partial charge on any atom is -0.504 e. The Kier molecular flexibility index (Phi) is 2.04. The van der Waals surface area contributed by atoms with Crippen LogP contribution in [0.15, 0.2) is 10.5 Å². The maximum atomic E-state index is 12.9. The van der Waals surface area contributed by atoms with Crippen molar-refractivity contribution in [1.29, 1.82) is 0 Å². The Bertz CT molecular complexity index is 273. The summed E-state index contributed by atoms with van der Waals surface area (Å²) in [6, 6.07) is 1.16. The molecule has 0 aromatic heterocycles. The molecule has 0 saturated carbocycles. The Morgan fingerprint density at radius 1 is 1.45 bits per heavy atom. The molecule has 0 heterocycles. The molecule has 1 aromatic carbocycles. The summed E-state index contributed by atoms with van der Waals surface area (Å²) in [5.41, 5.74) is 0.284. The van der Waals surface area contributed by atoms with Gasteiger partial charge in [0.1, 0.15) is 5.82 Å². The summed E-state index contributed by atoms with van der Waals surface area (Å²) in [4.78, 5) is 0. The number of hydrogen-bond donors (Lipinski definition) is 2. The molecule has 0 aliphatic rings. The van der Waals surface area contributed by atoms with E-state index >= 15 is 0 Å². The Morgan fingerprint density at radius 2 is 2.00 bits per heavy atom. The summed E-state index contributed by atoms with van der Waals surface area (Å²) >= 11 is 2.80. The van der Waals surface area contributed by atoms with Crippen LogP contribution in [0.1, 0.15) is 5.56 Å². The topological polar surface area (TPSA) is 40.5 Å². The fraction of sp³-hybridized carbons (Fsp3) is 0.143. The molecule has 2 N–H and O–H groups in total. The van der Waals surface area contributed by atoms with E-state index in [1.807, 2.05) is 0 Å². The van der Waals surface area contributed by atoms with Crippen LogP contribution in [0.25, 0.3) is 0 Å². The molecule has 0 radical (unpaired) electrons. The zero-order chi connectivity index (χ0) is 8.59. The molecule has 0 spiro atoms. The van der Waals surface area contributed by atoms with Crippen LogP contribution in [0.2, 0.25) is 0 Å². The molecule has 2 nitrogen and oxygen atoms in total. The van der Waals surface area contributed by atoms with E-state index in [9.17, 15) is 4.39 Å². The lowest BCUT2D eigenvalue weighted by molar-refractivity contribution is 0.396. The molecule has 0 unspecified atom stereocenters. The predicted molar refractivity (Wildman–Crippen MR) is 42.2 cm³/mol. The van der Waals surface area contributed by atoms with E-state index in [1.54, 1.807) is 0 Å². The van der Waals surface area contributed by atoms with Gasteiger partial charge in [0.2, 0.25) is 0 Å². The van der Waals surface area contributed by atoms with Crippen LogP contribution in [0.4, 0.5) is 4.39 Å². The van der Waals surface area contributed by atoms with Crippen LogP contribution < -0.4 is 0 Å². The van der Waals surface area contributed by atoms with Gasteiger partial charge >= 0.3 is 0 Å². The third-order valence-electron chi connectivity index (χ3n) is 1.34. The van der Waals surface area contributed by atoms with E-state index in [4.69, 9.17) is 10.2 Å². The molecule has 0 fully saturated rings. The fourth-order valence-electron chi connectivity index (χ4n) is 0.726. The van der Waals surface area contributed by atoms with Gasteiger partial charge in [0, 0.05) is 0 Å². The van der Waals surface area contributed by atoms with E-state index in [1.165, 1.54) is 6.92 Å². The second-order valence-corrected chi connectivity index (χ2v) is 2.98. The van der Waals surface area contributed by atoms with E-state index in [-0.39, 0.29) is 15.8 Å². The predicted octanol–water partition coefficient (Wildman–Crippen LogP) is 2.31. The number of hydrogen-bond acceptors (Lipinski definition) is 2. The lowest BCUT2D eigenvalue weighted by atomic mass is 10.2. The first-order chi connectivity index (χ1) is 5.04. The lowest BCUT2D eigenvalue weighted by Crippen LogP contribution is -1.84. The van der Waals surface area contributed by atoms with Crippen molar-refractivity contribution in [3.8, 4) is 11.5 Å². The van der Waals surface area contributed by atoms with Crippen molar-refractivity contribution < 1.29 is 14.6 Å². The molecule has 4 heteroatoms. The van der Waals surface area contributed by atoms with Crippen LogP contribution in [0, 0.1) is 12.7 Å². The SMILES string of the molecule is Cc1cc(O)c(O)c(Br)c1F. The van der Waals surface area contributed by atoms with E-state index < -0.39 is 11.6 Å². The largest absolute Gasteiger partial charge is 0.504 e. The molecular weight excluding hydrogens is 215 g/mol. The first-order valence-corrected chi connectivity index (χ1v) is 3.70. The van der Waals surface area contributed by atoms with Crippen molar-refractivity contribution in [2.45, 2.75) is 6.92 Å². The minimum absolute atomic E-state index is 0.102. The standard InChI is InChI=1S/C7H6BrFO2/c1-3-2-4(10)7(11)5(8)6(3)9/h2,10-11H,1H3. The van der Waals surface area contributed by atoms with Crippen molar-refractivity contribution in [1.82, 2.24) is 0 Å². The van der Waals surface area contributed by atoms with Crippen LogP contribution in [-0.2, 0) is 0 Å². The fourth-order valence-corrected chi connectivity index (χ4v) is 1.24. The second kappa shape index (κ2) is 2.70. The normalized spacial score (nSPS) is 10.1. The lowest BCUT2D eigenvalue weighted by Gasteiger charge is -2.03. The molecule has 0 aliphatic carbocycles. The highest BCUT2D eigenvalue weighted by Gasteiger charge is 2.12. The molecule has 11 heavy (non-hydrogen) atoms. The Morgan fingerprint density at radius 3 is 2.55 bits per heavy atom. The van der Waals surface area contributed by atoms with Crippen molar-refractivity contribution in [2.24, 2.45) is 0 Å². The number of aryl methyl sites for hydroxylation is 1. The van der Waals surface area contributed by atoms with Gasteiger partial charge in [-0.15, -0.1) is 0 Å². The summed E-state index contributed by atoms with van der Waals surface area (Å²) in [5.74, 6) is -1.34. The maximum Gasteiger partial charge on any atom is 0.174 e. The van der Waals surface area contributed by atoms with E-state index in [2.05, 4.69) is 15.9 Å². The molecule has 0 aliphatic heterocycles. The van der Waals surface area contributed by atoms with Crippen molar-refractivity contribution in [3.63, 3.8) is 0 Å². The molecule has 1 rings (SSSR count). The molecule has 0 saturated heterocycles. The highest BCUT2D eigenvalue weighted by molar-refractivity contribution is 9.10. The van der Waals surface area contributed by atoms with Crippen LogP contribution >= 0.6 is 15.9 Å². The van der Waals surface area contributed by atoms with Gasteiger partial charge in [-0.1, -0.05) is 0 Å². The van der Waals surface area contributed by atoms with Gasteiger partial charge in [-0.25, -0.2) is 4.39 Å². The van der Waals surface area contributed by atoms with Gasteiger partial charge in [0.25, 0.3) is 0 Å². The summed E-state index contributed by atoms with van der Waals surface area (Å²) in [6.45, 7) is 1.50. The number of phenolic OH excluding ortho intramolecular Hbond substituents is 2. The van der Waals surface area contributed by atoms with Gasteiger partial charge in [0.15, 0.2) is 11.5 Å². The van der Waals surface area contributed by atoms with E-state index in [0.29, 0.717) is 0 Å². The average Bonchev–Trinajstić information content (AvgIpc) is 1.97. The smallest absolute Gasteiger partial charge is 0.174 e. The molecule has 1 aromatic rings. The third kappa shape index (κ3) is 1.30. The quantitative estimate of drug-likeness (QED) is 0.660. The van der Waals surface area contributed by atoms with Gasteiger partial charge in [0.05, 0.1) is 4.47 Å². The molecule has 0 bridgehead atoms. The summed E-state index contributed by atoms with van der Waals surface area (Å²) in [6.07, 6.45) is 0. The van der Waals surface area contributed by atoms with Crippen molar-refractivity contribution in [3.05, 3.63) is 21.9 Å². The van der Waals surface area contributed by atoms with Crippen LogP contribution in [0.3, 0.4) is 0 Å². The highest BCUT2D eigenvalue weighted by atomic mass is 79.9. The van der Waals surface area contributed by atoms with Crippen LogP contribution in [-0.4, -0.2) is 10.2 Å². The van der Waals surface area contributed by atoms with E-state index in [0.717, 1.165) is 6.07 Å². The zero-order valence-electron chi connectivity index (χ0n) is 5.73. The Balaban J connectivity index is 3.46. The highest BCUT2D eigenvalue weighted by Crippen LogP contribution is 2.36.